The molecule has 1 atom stereocenters. The molecule has 0 radical (unpaired) electrons. The van der Waals surface area contributed by atoms with E-state index in [1.165, 1.54) is 43.7 Å². The molecule has 56 heavy (non-hydrogen) atoms. The lowest BCUT2D eigenvalue weighted by molar-refractivity contribution is 0.781. The van der Waals surface area contributed by atoms with Crippen molar-refractivity contribution in [3.63, 3.8) is 0 Å². The third-order valence-corrected chi connectivity index (χ3v) is 11.1. The molecule has 2 aromatic heterocycles. The van der Waals surface area contributed by atoms with Crippen LogP contribution in [0.25, 0.3) is 71.8 Å². The van der Waals surface area contributed by atoms with Crippen LogP contribution in [0.15, 0.2) is 211 Å². The molecule has 4 nitrogen and oxygen atoms in total. The number of rotatable bonds is 6. The van der Waals surface area contributed by atoms with E-state index in [0.717, 1.165) is 50.7 Å². The van der Waals surface area contributed by atoms with Gasteiger partial charge in [-0.2, -0.15) is 0 Å². The first kappa shape index (κ1) is 32.0. The number of fused-ring (bicyclic) bond motifs is 7. The van der Waals surface area contributed by atoms with E-state index in [0.29, 0.717) is 0 Å². The highest BCUT2D eigenvalue weighted by Crippen LogP contribution is 2.42. The van der Waals surface area contributed by atoms with Gasteiger partial charge in [-0.1, -0.05) is 152 Å². The molecule has 1 aliphatic rings. The molecule has 10 aromatic rings. The second-order valence-electron chi connectivity index (χ2n) is 14.4. The van der Waals surface area contributed by atoms with Crippen LogP contribution in [0.1, 0.15) is 22.7 Å². The van der Waals surface area contributed by atoms with Crippen LogP contribution in [0.5, 0.6) is 0 Å². The molecule has 11 rings (SSSR count). The highest BCUT2D eigenvalue weighted by Gasteiger charge is 2.24. The summed E-state index contributed by atoms with van der Waals surface area (Å²) in [6.45, 7) is 0. The molecule has 0 saturated heterocycles. The third kappa shape index (κ3) is 5.26. The van der Waals surface area contributed by atoms with Crippen molar-refractivity contribution >= 4 is 55.1 Å². The quantitative estimate of drug-likeness (QED) is 0.183. The summed E-state index contributed by atoms with van der Waals surface area (Å²) in [7, 11) is 0. The molecule has 0 fully saturated rings. The molecule has 0 spiro atoms. The lowest BCUT2D eigenvalue weighted by Gasteiger charge is -2.25. The number of nitrogens with one attached hydrogen (secondary N) is 1. The van der Waals surface area contributed by atoms with Crippen LogP contribution in [-0.2, 0) is 0 Å². The average molecular weight is 717 g/mol. The summed E-state index contributed by atoms with van der Waals surface area (Å²) < 4.78 is 4.89. The molecule has 0 bridgehead atoms. The van der Waals surface area contributed by atoms with Crippen molar-refractivity contribution in [1.29, 1.82) is 0 Å². The second kappa shape index (κ2) is 13.2. The van der Waals surface area contributed by atoms with Gasteiger partial charge in [0.25, 0.3) is 0 Å². The maximum atomic E-state index is 5.36. The molecule has 1 unspecified atom stereocenters. The molecule has 1 aliphatic heterocycles. The predicted octanol–water partition coefficient (Wildman–Crippen LogP) is 12.7. The minimum atomic E-state index is -0.0558. The zero-order valence-electron chi connectivity index (χ0n) is 30.5. The van der Waals surface area contributed by atoms with Crippen molar-refractivity contribution in [1.82, 2.24) is 14.5 Å². The normalized spacial score (nSPS) is 14.2. The first-order valence-corrected chi connectivity index (χ1v) is 19.2. The van der Waals surface area contributed by atoms with Crippen molar-refractivity contribution in [3.8, 4) is 22.5 Å². The molecule has 0 aliphatic carbocycles. The van der Waals surface area contributed by atoms with Crippen molar-refractivity contribution in [2.45, 2.75) is 6.04 Å². The van der Waals surface area contributed by atoms with E-state index < -0.39 is 0 Å². The molecular weight excluding hydrogens is 681 g/mol. The fraction of sp³-hybridized carbons (Fsp3) is 0.0192. The topological polar surface area (TPSA) is 34.2 Å². The fourth-order valence-electron chi connectivity index (χ4n) is 8.60. The van der Waals surface area contributed by atoms with Gasteiger partial charge in [-0.25, -0.2) is 4.99 Å². The van der Waals surface area contributed by atoms with Crippen LogP contribution >= 0.6 is 0 Å². The number of aromatic nitrogens is 2. The highest BCUT2D eigenvalue weighted by atomic mass is 15.1. The Labute approximate surface area is 324 Å². The summed E-state index contributed by atoms with van der Waals surface area (Å²) in [5.74, 6) is 0.839. The first-order chi connectivity index (χ1) is 27.8. The van der Waals surface area contributed by atoms with Gasteiger partial charge in [-0.3, -0.25) is 0 Å². The van der Waals surface area contributed by atoms with Gasteiger partial charge in [0.2, 0.25) is 0 Å². The summed E-state index contributed by atoms with van der Waals surface area (Å²) in [4.78, 5) is 5.36. The predicted molar refractivity (Wildman–Crippen MR) is 234 cm³/mol. The molecular formula is C52H36N4. The van der Waals surface area contributed by atoms with Gasteiger partial charge in [-0.05, 0) is 76.9 Å². The number of benzene rings is 8. The van der Waals surface area contributed by atoms with Gasteiger partial charge in [0.05, 0.1) is 33.8 Å². The minimum Gasteiger partial charge on any atom is -0.359 e. The van der Waals surface area contributed by atoms with E-state index in [2.05, 4.69) is 221 Å². The van der Waals surface area contributed by atoms with Crippen molar-refractivity contribution in [3.05, 3.63) is 223 Å². The van der Waals surface area contributed by atoms with E-state index >= 15 is 0 Å². The Morgan fingerprint density at radius 3 is 1.73 bits per heavy atom. The Kier molecular flexibility index (Phi) is 7.52. The SMILES string of the molecule is C1=C(c2ccccc2)N=C(c2cc(-c3ccccc3)cc(-n3c4ccccc4c4ccc5c(c6ccccc6n5-c5ccccc5)c43)c2)NC1c1ccccc1. The Bertz CT molecular complexity index is 3140. The molecule has 0 saturated carbocycles. The van der Waals surface area contributed by atoms with Crippen molar-refractivity contribution < 1.29 is 0 Å². The van der Waals surface area contributed by atoms with E-state index in [1.54, 1.807) is 0 Å². The van der Waals surface area contributed by atoms with E-state index in [9.17, 15) is 0 Å². The molecule has 264 valence electrons. The van der Waals surface area contributed by atoms with Gasteiger partial charge in [-0.15, -0.1) is 0 Å². The Balaban J connectivity index is 1.21. The van der Waals surface area contributed by atoms with Crippen LogP contribution < -0.4 is 5.32 Å². The Hall–Kier alpha value is -7.43. The van der Waals surface area contributed by atoms with Gasteiger partial charge in [0.15, 0.2) is 0 Å². The Morgan fingerprint density at radius 1 is 0.411 bits per heavy atom. The number of hydrogen-bond donors (Lipinski definition) is 1. The number of para-hydroxylation sites is 3. The zero-order valence-corrected chi connectivity index (χ0v) is 30.5. The largest absolute Gasteiger partial charge is 0.359 e. The van der Waals surface area contributed by atoms with Crippen LogP contribution in [0.4, 0.5) is 0 Å². The zero-order chi connectivity index (χ0) is 37.0. The number of aliphatic imine (C=N–C) groups is 1. The fourth-order valence-corrected chi connectivity index (χ4v) is 8.60. The van der Waals surface area contributed by atoms with E-state index in [4.69, 9.17) is 4.99 Å². The van der Waals surface area contributed by atoms with Crippen LogP contribution in [0.2, 0.25) is 0 Å². The summed E-state index contributed by atoms with van der Waals surface area (Å²) in [5, 5.41) is 8.75. The minimum absolute atomic E-state index is 0.0558. The maximum Gasteiger partial charge on any atom is 0.134 e. The summed E-state index contributed by atoms with van der Waals surface area (Å²) in [6.07, 6.45) is 2.24. The maximum absolute atomic E-state index is 5.36. The smallest absolute Gasteiger partial charge is 0.134 e. The summed E-state index contributed by atoms with van der Waals surface area (Å²) in [5.41, 5.74) is 13.5. The van der Waals surface area contributed by atoms with Gasteiger partial charge in [0.1, 0.15) is 5.84 Å². The molecule has 0 amide bonds. The van der Waals surface area contributed by atoms with Crippen molar-refractivity contribution in [2.75, 3.05) is 0 Å². The Morgan fingerprint density at radius 2 is 1.00 bits per heavy atom. The molecule has 8 aromatic carbocycles. The summed E-state index contributed by atoms with van der Waals surface area (Å²) in [6, 6.07) is 71.6. The molecule has 3 heterocycles. The van der Waals surface area contributed by atoms with Crippen LogP contribution in [-0.4, -0.2) is 15.0 Å². The number of hydrogen-bond acceptors (Lipinski definition) is 2. The van der Waals surface area contributed by atoms with Gasteiger partial charge >= 0.3 is 0 Å². The van der Waals surface area contributed by atoms with Gasteiger partial charge < -0.3 is 14.5 Å². The van der Waals surface area contributed by atoms with Crippen LogP contribution in [0.3, 0.4) is 0 Å². The monoisotopic (exact) mass is 716 g/mol. The van der Waals surface area contributed by atoms with E-state index in [1.807, 2.05) is 0 Å². The standard InChI is InChI=1S/C52H36N4/c1-5-17-35(18-6-1)38-31-39(52-53-45(36-19-7-2-8-20-36)34-46(54-52)37-21-9-3-10-22-37)33-41(32-38)56-47-27-15-13-25-42(47)43-29-30-49-50(51(43)56)44-26-14-16-28-48(44)55(49)40-23-11-4-12-24-40/h1-34,45H,(H,53,54). The highest BCUT2D eigenvalue weighted by molar-refractivity contribution is 6.26. The lowest BCUT2D eigenvalue weighted by Crippen LogP contribution is -2.31. The number of amidine groups is 1. The van der Waals surface area contributed by atoms with Gasteiger partial charge in [0, 0.05) is 38.5 Å². The lowest BCUT2D eigenvalue weighted by atomic mass is 9.98. The molecule has 1 N–H and O–H groups in total. The number of nitrogens with zero attached hydrogens (tertiary/aromatic N) is 3. The second-order valence-corrected chi connectivity index (χ2v) is 14.4. The molecule has 4 heteroatoms. The first-order valence-electron chi connectivity index (χ1n) is 19.2. The van der Waals surface area contributed by atoms with Crippen molar-refractivity contribution in [2.24, 2.45) is 4.99 Å². The average Bonchev–Trinajstić information content (AvgIpc) is 3.80. The third-order valence-electron chi connectivity index (χ3n) is 11.1. The van der Waals surface area contributed by atoms with E-state index in [-0.39, 0.29) is 6.04 Å². The summed E-state index contributed by atoms with van der Waals surface area (Å²) >= 11 is 0. The van der Waals surface area contributed by atoms with Crippen LogP contribution in [0, 0.1) is 0 Å².